The van der Waals surface area contributed by atoms with Crippen molar-refractivity contribution in [3.63, 3.8) is 0 Å². The molecule has 2 aromatic rings. The molecule has 9 heteroatoms. The zero-order chi connectivity index (χ0) is 23.0. The van der Waals surface area contributed by atoms with Gasteiger partial charge in [0, 0.05) is 49.0 Å². The number of carbonyl (C=O) groups is 1. The molecule has 1 aromatic carbocycles. The number of carboxylic acid groups (broad SMARTS) is 1. The summed E-state index contributed by atoms with van der Waals surface area (Å²) in [6, 6.07) is 9.87. The molecule has 3 rings (SSSR count). The number of allylic oxidation sites excluding steroid dienone is 1. The number of carboxylic acids is 1. The number of benzene rings is 1. The van der Waals surface area contributed by atoms with Gasteiger partial charge in [0.15, 0.2) is 0 Å². The lowest BCUT2D eigenvalue weighted by Crippen LogP contribution is -2.37. The number of hydrogen-bond donors (Lipinski definition) is 2. The number of unbranched alkanes of at least 4 members (excludes halogenated alkanes) is 2. The molecule has 1 aromatic heterocycles. The van der Waals surface area contributed by atoms with Gasteiger partial charge in [0.2, 0.25) is 10.0 Å². The lowest BCUT2D eigenvalue weighted by molar-refractivity contribution is -0.137. The number of likely N-dealkylation sites (tertiary alicyclic amines) is 1. The van der Waals surface area contributed by atoms with Crippen LogP contribution < -0.4 is 4.72 Å². The Hall–Kier alpha value is -2.26. The minimum absolute atomic E-state index is 0.0765. The Bertz CT molecular complexity index is 1010. The first-order valence-corrected chi connectivity index (χ1v) is 12.5. The first-order chi connectivity index (χ1) is 15.3. The standard InChI is InChI=1S/C23H28ClN3O4S/c24-19-9-11-22(12-10-19)32(30,31)26-20-14-21(7-3-1-2-4-8-23(28)29)27(17-20)16-18-6-5-13-25-15-18/h3,5-7,9-13,15,20-21,26H,1-2,4,8,14,16-17H2,(H,28,29)/b7-3-/t20-,21-/m1/s1. The van der Waals surface area contributed by atoms with E-state index in [1.54, 1.807) is 18.3 Å². The summed E-state index contributed by atoms with van der Waals surface area (Å²) in [5.74, 6) is -0.775. The van der Waals surface area contributed by atoms with Crippen LogP contribution in [-0.4, -0.2) is 48.0 Å². The molecule has 1 aliphatic heterocycles. The maximum atomic E-state index is 12.8. The van der Waals surface area contributed by atoms with Gasteiger partial charge in [-0.25, -0.2) is 13.1 Å². The van der Waals surface area contributed by atoms with E-state index in [2.05, 4.69) is 26.8 Å². The van der Waals surface area contributed by atoms with Crippen LogP contribution in [0.5, 0.6) is 0 Å². The summed E-state index contributed by atoms with van der Waals surface area (Å²) in [6.07, 6.45) is 10.8. The molecule has 2 heterocycles. The van der Waals surface area contributed by atoms with E-state index in [1.807, 2.05) is 18.3 Å². The van der Waals surface area contributed by atoms with Gasteiger partial charge in [-0.2, -0.15) is 0 Å². The smallest absolute Gasteiger partial charge is 0.303 e. The average Bonchev–Trinajstić information content (AvgIpc) is 3.11. The van der Waals surface area contributed by atoms with Crippen LogP contribution >= 0.6 is 11.6 Å². The van der Waals surface area contributed by atoms with E-state index in [4.69, 9.17) is 16.7 Å². The van der Waals surface area contributed by atoms with E-state index < -0.39 is 16.0 Å². The summed E-state index contributed by atoms with van der Waals surface area (Å²) in [6.45, 7) is 1.25. The van der Waals surface area contributed by atoms with Crippen molar-refractivity contribution >= 4 is 27.6 Å². The minimum atomic E-state index is -3.65. The van der Waals surface area contributed by atoms with Crippen LogP contribution in [0, 0.1) is 0 Å². The van der Waals surface area contributed by atoms with Gasteiger partial charge in [0.1, 0.15) is 0 Å². The fraction of sp³-hybridized carbons (Fsp3) is 0.391. The van der Waals surface area contributed by atoms with Crippen molar-refractivity contribution in [3.8, 4) is 0 Å². The molecule has 172 valence electrons. The van der Waals surface area contributed by atoms with E-state index >= 15 is 0 Å². The fourth-order valence-electron chi connectivity index (χ4n) is 3.82. The molecule has 2 N–H and O–H groups in total. The summed E-state index contributed by atoms with van der Waals surface area (Å²) in [5.41, 5.74) is 1.06. The number of sulfonamides is 1. The summed E-state index contributed by atoms with van der Waals surface area (Å²) >= 11 is 5.88. The molecule has 1 saturated heterocycles. The third kappa shape index (κ3) is 7.41. The van der Waals surface area contributed by atoms with Gasteiger partial charge in [0.05, 0.1) is 4.90 Å². The second-order valence-electron chi connectivity index (χ2n) is 7.93. The van der Waals surface area contributed by atoms with Crippen LogP contribution in [0.1, 0.15) is 37.7 Å². The molecule has 0 aliphatic carbocycles. The number of halogens is 1. The Labute approximate surface area is 194 Å². The van der Waals surface area contributed by atoms with Crippen LogP contribution in [0.4, 0.5) is 0 Å². The zero-order valence-electron chi connectivity index (χ0n) is 17.7. The highest BCUT2D eigenvalue weighted by molar-refractivity contribution is 7.89. The molecule has 1 fully saturated rings. The zero-order valence-corrected chi connectivity index (χ0v) is 19.3. The second kappa shape index (κ2) is 11.6. The van der Waals surface area contributed by atoms with Crippen molar-refractivity contribution in [2.75, 3.05) is 6.54 Å². The summed E-state index contributed by atoms with van der Waals surface area (Å²) in [4.78, 5) is 17.2. The largest absolute Gasteiger partial charge is 0.481 e. The Morgan fingerprint density at radius 3 is 2.72 bits per heavy atom. The SMILES string of the molecule is O=C(O)CCCC/C=C\[C@@H]1C[C@@H](NS(=O)(=O)c2ccc(Cl)cc2)CN1Cc1cccnc1. The molecule has 1 aliphatic rings. The van der Waals surface area contributed by atoms with Gasteiger partial charge in [-0.1, -0.05) is 29.8 Å². The normalized spacial score (nSPS) is 19.5. The topological polar surface area (TPSA) is 99.6 Å². The van der Waals surface area contributed by atoms with Crippen molar-refractivity contribution in [1.29, 1.82) is 0 Å². The molecular formula is C23H28ClN3O4S. The number of rotatable bonds is 11. The van der Waals surface area contributed by atoms with Crippen molar-refractivity contribution < 1.29 is 18.3 Å². The molecule has 7 nitrogen and oxygen atoms in total. The second-order valence-corrected chi connectivity index (χ2v) is 10.1. The van der Waals surface area contributed by atoms with E-state index in [0.717, 1.165) is 18.4 Å². The molecule has 32 heavy (non-hydrogen) atoms. The van der Waals surface area contributed by atoms with E-state index in [9.17, 15) is 13.2 Å². The van der Waals surface area contributed by atoms with Crippen LogP contribution in [-0.2, 0) is 21.4 Å². The maximum absolute atomic E-state index is 12.8. The third-order valence-electron chi connectivity index (χ3n) is 5.37. The van der Waals surface area contributed by atoms with Crippen LogP contribution in [0.15, 0.2) is 65.8 Å². The van der Waals surface area contributed by atoms with Gasteiger partial charge in [-0.3, -0.25) is 14.7 Å². The highest BCUT2D eigenvalue weighted by Gasteiger charge is 2.33. The average molecular weight is 478 g/mol. The predicted octanol–water partition coefficient (Wildman–Crippen LogP) is 3.86. The van der Waals surface area contributed by atoms with Gasteiger partial charge in [-0.15, -0.1) is 0 Å². The number of aromatic nitrogens is 1. The molecule has 0 radical (unpaired) electrons. The van der Waals surface area contributed by atoms with Crippen molar-refractivity contribution in [2.24, 2.45) is 0 Å². The highest BCUT2D eigenvalue weighted by Crippen LogP contribution is 2.24. The number of nitrogens with one attached hydrogen (secondary N) is 1. The number of pyridine rings is 1. The molecule has 0 unspecified atom stereocenters. The van der Waals surface area contributed by atoms with E-state index in [0.29, 0.717) is 31.0 Å². The quantitative estimate of drug-likeness (QED) is 0.376. The van der Waals surface area contributed by atoms with Crippen LogP contribution in [0.2, 0.25) is 5.02 Å². The monoisotopic (exact) mass is 477 g/mol. The number of nitrogens with zero attached hydrogens (tertiary/aromatic N) is 2. The summed E-state index contributed by atoms with van der Waals surface area (Å²) in [5, 5.41) is 9.23. The van der Waals surface area contributed by atoms with Gasteiger partial charge in [-0.05, 0) is 61.6 Å². The van der Waals surface area contributed by atoms with E-state index in [1.165, 1.54) is 12.1 Å². The Morgan fingerprint density at radius 2 is 2.03 bits per heavy atom. The maximum Gasteiger partial charge on any atom is 0.303 e. The lowest BCUT2D eigenvalue weighted by atomic mass is 10.1. The number of hydrogen-bond acceptors (Lipinski definition) is 5. The van der Waals surface area contributed by atoms with Crippen molar-refractivity contribution in [2.45, 2.75) is 55.6 Å². The van der Waals surface area contributed by atoms with Crippen LogP contribution in [0.3, 0.4) is 0 Å². The molecule has 0 bridgehead atoms. The van der Waals surface area contributed by atoms with Gasteiger partial charge >= 0.3 is 5.97 Å². The Kier molecular flexibility index (Phi) is 8.81. The third-order valence-corrected chi connectivity index (χ3v) is 7.16. The summed E-state index contributed by atoms with van der Waals surface area (Å²) < 4.78 is 28.5. The molecule has 0 spiro atoms. The van der Waals surface area contributed by atoms with Crippen LogP contribution in [0.25, 0.3) is 0 Å². The molecule has 0 amide bonds. The van der Waals surface area contributed by atoms with Gasteiger partial charge in [0.25, 0.3) is 0 Å². The highest BCUT2D eigenvalue weighted by atomic mass is 35.5. The number of aliphatic carboxylic acids is 1. The van der Waals surface area contributed by atoms with Crippen molar-refractivity contribution in [1.82, 2.24) is 14.6 Å². The molecule has 2 atom stereocenters. The molecule has 0 saturated carbocycles. The van der Waals surface area contributed by atoms with Gasteiger partial charge < -0.3 is 5.11 Å². The van der Waals surface area contributed by atoms with E-state index in [-0.39, 0.29) is 23.4 Å². The Morgan fingerprint density at radius 1 is 1.25 bits per heavy atom. The summed E-state index contributed by atoms with van der Waals surface area (Å²) in [7, 11) is -3.65. The first kappa shape index (κ1) is 24.4. The first-order valence-electron chi connectivity index (χ1n) is 10.6. The lowest BCUT2D eigenvalue weighted by Gasteiger charge is -2.21. The minimum Gasteiger partial charge on any atom is -0.481 e. The van der Waals surface area contributed by atoms with Crippen molar-refractivity contribution in [3.05, 3.63) is 71.5 Å². The Balaban J connectivity index is 1.65. The molecular weight excluding hydrogens is 450 g/mol. The predicted molar refractivity (Wildman–Crippen MR) is 124 cm³/mol. The fourth-order valence-corrected chi connectivity index (χ4v) is 5.19.